The number of hydrogen-bond donors (Lipinski definition) is 0. The van der Waals surface area contributed by atoms with Crippen LogP contribution in [0.2, 0.25) is 0 Å². The molecule has 0 unspecified atom stereocenters. The Morgan fingerprint density at radius 3 is 1.86 bits per heavy atom. The van der Waals surface area contributed by atoms with Crippen molar-refractivity contribution in [3.8, 4) is 5.75 Å². The highest BCUT2D eigenvalue weighted by Gasteiger charge is 2.41. The van der Waals surface area contributed by atoms with E-state index in [-0.39, 0.29) is 30.0 Å². The molecule has 0 aliphatic carbocycles. The Bertz CT molecular complexity index is 1310. The summed E-state index contributed by atoms with van der Waals surface area (Å²) in [5.41, 5.74) is 2.55. The van der Waals surface area contributed by atoms with Gasteiger partial charge in [0.05, 0.1) is 41.8 Å². The summed E-state index contributed by atoms with van der Waals surface area (Å²) in [5, 5.41) is 11.6. The van der Waals surface area contributed by atoms with E-state index in [1.165, 1.54) is 50.7 Å². The first-order chi connectivity index (χ1) is 21.2. The van der Waals surface area contributed by atoms with Gasteiger partial charge in [-0.1, -0.05) is 64.0 Å². The third-order valence-corrected chi connectivity index (χ3v) is 7.79. The van der Waals surface area contributed by atoms with Crippen molar-refractivity contribution in [2.75, 3.05) is 24.7 Å². The zero-order valence-corrected chi connectivity index (χ0v) is 26.7. The summed E-state index contributed by atoms with van der Waals surface area (Å²) < 4.78 is 16.9. The van der Waals surface area contributed by atoms with E-state index in [1.54, 1.807) is 39.8 Å². The zero-order valence-electron chi connectivity index (χ0n) is 26.7. The highest BCUT2D eigenvalue weighted by atomic mass is 16.6. The second-order valence-corrected chi connectivity index (χ2v) is 10.9. The zero-order chi connectivity index (χ0) is 32.1. The van der Waals surface area contributed by atoms with Gasteiger partial charge >= 0.3 is 11.9 Å². The van der Waals surface area contributed by atoms with Gasteiger partial charge in [0.15, 0.2) is 0 Å². The topological polar surface area (TPSA) is 108 Å². The highest BCUT2D eigenvalue weighted by Crippen LogP contribution is 2.45. The van der Waals surface area contributed by atoms with Gasteiger partial charge in [0, 0.05) is 29.2 Å². The van der Waals surface area contributed by atoms with Crippen LogP contribution in [0.4, 0.5) is 11.4 Å². The molecule has 3 rings (SSSR count). The largest absolute Gasteiger partial charge is 0.494 e. The number of anilines is 1. The standard InChI is InChI=1S/C35H46N2O7/c1-6-9-10-11-12-13-14-15-23-44-30-21-19-28(20-22-30)36-25(4)31(34(38)42-7-2)33(32(26(36)5)35(39)43-8-3)27-17-16-18-29(24-27)37(40)41/h16-22,24,33H,6-15,23H2,1-5H3. The van der Waals surface area contributed by atoms with Crippen LogP contribution in [0.15, 0.2) is 71.1 Å². The second kappa shape index (κ2) is 17.2. The fourth-order valence-electron chi connectivity index (χ4n) is 5.66. The van der Waals surface area contributed by atoms with Crippen LogP contribution >= 0.6 is 0 Å². The molecule has 44 heavy (non-hydrogen) atoms. The van der Waals surface area contributed by atoms with Crippen LogP contribution < -0.4 is 9.64 Å². The van der Waals surface area contributed by atoms with Gasteiger partial charge in [-0.3, -0.25) is 10.1 Å². The number of carbonyl (C=O) groups excluding carboxylic acids is 2. The monoisotopic (exact) mass is 606 g/mol. The van der Waals surface area contributed by atoms with Gasteiger partial charge < -0.3 is 19.1 Å². The smallest absolute Gasteiger partial charge is 0.336 e. The fourth-order valence-corrected chi connectivity index (χ4v) is 5.66. The SMILES string of the molecule is CCCCCCCCCCOc1ccc(N2C(C)=C(C(=O)OCC)C(c3cccc([N+](=O)[O-])c3)C(C(=O)OCC)=C2C)cc1. The molecule has 0 atom stereocenters. The number of allylic oxidation sites excluding steroid dienone is 2. The van der Waals surface area contributed by atoms with Crippen LogP contribution in [-0.4, -0.2) is 36.7 Å². The van der Waals surface area contributed by atoms with Crippen LogP contribution in [0.25, 0.3) is 0 Å². The Kier molecular flexibility index (Phi) is 13.5. The van der Waals surface area contributed by atoms with Crippen molar-refractivity contribution < 1.29 is 28.7 Å². The Balaban J connectivity index is 1.92. The van der Waals surface area contributed by atoms with Crippen molar-refractivity contribution in [1.82, 2.24) is 0 Å². The maximum Gasteiger partial charge on any atom is 0.336 e. The van der Waals surface area contributed by atoms with Crippen LogP contribution in [-0.2, 0) is 19.1 Å². The van der Waals surface area contributed by atoms with Crippen molar-refractivity contribution in [2.45, 2.75) is 91.9 Å². The van der Waals surface area contributed by atoms with Gasteiger partial charge in [-0.2, -0.15) is 0 Å². The van der Waals surface area contributed by atoms with E-state index in [4.69, 9.17) is 14.2 Å². The maximum absolute atomic E-state index is 13.5. The number of hydrogen-bond acceptors (Lipinski definition) is 8. The lowest BCUT2D eigenvalue weighted by atomic mass is 9.79. The molecule has 0 saturated carbocycles. The number of nitro groups is 1. The Morgan fingerprint density at radius 2 is 1.34 bits per heavy atom. The average Bonchev–Trinajstić information content (AvgIpc) is 3.00. The van der Waals surface area contributed by atoms with Crippen LogP contribution in [0, 0.1) is 10.1 Å². The van der Waals surface area contributed by atoms with Crippen LogP contribution in [0.1, 0.15) is 97.5 Å². The van der Waals surface area contributed by atoms with Gasteiger partial charge in [0.25, 0.3) is 5.69 Å². The van der Waals surface area contributed by atoms with Gasteiger partial charge in [0.2, 0.25) is 0 Å². The first-order valence-electron chi connectivity index (χ1n) is 15.8. The molecule has 1 aliphatic heterocycles. The summed E-state index contributed by atoms with van der Waals surface area (Å²) in [6.45, 7) is 10.1. The van der Waals surface area contributed by atoms with Crippen molar-refractivity contribution in [2.24, 2.45) is 0 Å². The van der Waals surface area contributed by atoms with Crippen molar-refractivity contribution >= 4 is 23.3 Å². The number of ether oxygens (including phenoxy) is 3. The van der Waals surface area contributed by atoms with E-state index in [1.807, 2.05) is 29.2 Å². The first-order valence-corrected chi connectivity index (χ1v) is 15.8. The minimum Gasteiger partial charge on any atom is -0.494 e. The summed E-state index contributed by atoms with van der Waals surface area (Å²) in [5.74, 6) is -1.39. The van der Waals surface area contributed by atoms with E-state index in [0.717, 1.165) is 24.3 Å². The van der Waals surface area contributed by atoms with E-state index in [9.17, 15) is 19.7 Å². The summed E-state index contributed by atoms with van der Waals surface area (Å²) >= 11 is 0. The number of unbranched alkanes of at least 4 members (excludes halogenated alkanes) is 7. The molecule has 9 nitrogen and oxygen atoms in total. The van der Waals surface area contributed by atoms with Crippen molar-refractivity contribution in [3.05, 3.63) is 86.7 Å². The summed E-state index contributed by atoms with van der Waals surface area (Å²) in [4.78, 5) is 39.9. The maximum atomic E-state index is 13.5. The molecule has 0 radical (unpaired) electrons. The molecule has 0 saturated heterocycles. The minimum atomic E-state index is -0.918. The molecular formula is C35H46N2O7. The lowest BCUT2D eigenvalue weighted by Crippen LogP contribution is -2.35. The molecule has 0 amide bonds. The van der Waals surface area contributed by atoms with Crippen molar-refractivity contribution in [3.63, 3.8) is 0 Å². The lowest BCUT2D eigenvalue weighted by molar-refractivity contribution is -0.384. The van der Waals surface area contributed by atoms with Gasteiger partial charge in [-0.05, 0) is 63.9 Å². The molecule has 1 aliphatic rings. The van der Waals surface area contributed by atoms with Crippen molar-refractivity contribution in [1.29, 1.82) is 0 Å². The molecular weight excluding hydrogens is 560 g/mol. The molecule has 9 heteroatoms. The number of non-ortho nitro benzene ring substituents is 1. The van der Waals surface area contributed by atoms with Gasteiger partial charge in [-0.15, -0.1) is 0 Å². The normalized spacial score (nSPS) is 13.7. The van der Waals surface area contributed by atoms with Gasteiger partial charge in [-0.25, -0.2) is 9.59 Å². The van der Waals surface area contributed by atoms with Gasteiger partial charge in [0.1, 0.15) is 5.75 Å². The molecule has 2 aromatic rings. The number of carbonyl (C=O) groups is 2. The van der Waals surface area contributed by atoms with E-state index >= 15 is 0 Å². The van der Waals surface area contributed by atoms with E-state index in [0.29, 0.717) is 23.6 Å². The number of benzene rings is 2. The number of nitrogens with zero attached hydrogens (tertiary/aromatic N) is 2. The molecule has 0 fully saturated rings. The third-order valence-electron chi connectivity index (χ3n) is 7.79. The quantitative estimate of drug-likeness (QED) is 0.0764. The Hall–Kier alpha value is -4.14. The molecule has 0 N–H and O–H groups in total. The van der Waals surface area contributed by atoms with E-state index < -0.39 is 22.8 Å². The molecule has 238 valence electrons. The molecule has 2 aromatic carbocycles. The summed E-state index contributed by atoms with van der Waals surface area (Å²) in [6.07, 6.45) is 9.83. The summed E-state index contributed by atoms with van der Waals surface area (Å²) in [7, 11) is 0. The Labute approximate surface area is 261 Å². The molecule has 0 aromatic heterocycles. The fraction of sp³-hybridized carbons (Fsp3) is 0.486. The minimum absolute atomic E-state index is 0.125. The Morgan fingerprint density at radius 1 is 0.795 bits per heavy atom. The summed E-state index contributed by atoms with van der Waals surface area (Å²) in [6, 6.07) is 13.5. The van der Waals surface area contributed by atoms with E-state index in [2.05, 4.69) is 6.92 Å². The lowest BCUT2D eigenvalue weighted by Gasteiger charge is -2.38. The first kappa shape index (κ1) is 34.4. The molecule has 1 heterocycles. The average molecular weight is 607 g/mol. The third kappa shape index (κ3) is 8.71. The number of rotatable bonds is 17. The highest BCUT2D eigenvalue weighted by molar-refractivity contribution is 6.01. The van der Waals surface area contributed by atoms with Crippen LogP contribution in [0.3, 0.4) is 0 Å². The molecule has 0 spiro atoms. The predicted molar refractivity (Wildman–Crippen MR) is 172 cm³/mol. The molecule has 0 bridgehead atoms. The van der Waals surface area contributed by atoms with Crippen LogP contribution in [0.5, 0.6) is 5.75 Å². The second-order valence-electron chi connectivity index (χ2n) is 10.9. The predicted octanol–water partition coefficient (Wildman–Crippen LogP) is 8.39. The number of esters is 2. The number of nitro benzene ring substituents is 1.